The van der Waals surface area contributed by atoms with Gasteiger partial charge in [-0.25, -0.2) is 0 Å². The Kier molecular flexibility index (Phi) is 7.90. The molecule has 0 radical (unpaired) electrons. The van der Waals surface area contributed by atoms with Crippen LogP contribution in [0.5, 0.6) is 0 Å². The van der Waals surface area contributed by atoms with Crippen molar-refractivity contribution in [1.29, 1.82) is 10.5 Å². The number of hydrogen-bond acceptors (Lipinski definition) is 4. The minimum Gasteiger partial charge on any atom is -0.455 e. The van der Waals surface area contributed by atoms with Gasteiger partial charge in [0.2, 0.25) is 0 Å². The average molecular weight is 847 g/mol. The summed E-state index contributed by atoms with van der Waals surface area (Å²) >= 11 is 0. The van der Waals surface area contributed by atoms with Crippen LogP contribution in [0.2, 0.25) is 0 Å². The highest BCUT2D eigenvalue weighted by Crippen LogP contribution is 2.52. The monoisotopic (exact) mass is 846 g/mol. The molecule has 6 nitrogen and oxygen atoms in total. The Morgan fingerprint density at radius 1 is 0.364 bits per heavy atom. The lowest BCUT2D eigenvalue weighted by Gasteiger charge is -2.25. The van der Waals surface area contributed by atoms with Crippen LogP contribution < -0.4 is 0 Å². The predicted molar refractivity (Wildman–Crippen MR) is 269 cm³/mol. The summed E-state index contributed by atoms with van der Waals surface area (Å²) in [6, 6.07) is 60.0. The molecule has 66 heavy (non-hydrogen) atoms. The van der Waals surface area contributed by atoms with Crippen molar-refractivity contribution in [3.05, 3.63) is 191 Å². The Balaban J connectivity index is 1.36. The first kappa shape index (κ1) is 37.7. The largest absolute Gasteiger partial charge is 0.455 e. The van der Waals surface area contributed by atoms with Crippen LogP contribution in [-0.2, 0) is 0 Å². The van der Waals surface area contributed by atoms with E-state index in [-0.39, 0.29) is 0 Å². The minimum absolute atomic E-state index is 0.346. The molecule has 4 aromatic heterocycles. The van der Waals surface area contributed by atoms with Crippen LogP contribution in [0.15, 0.2) is 167 Å². The number of aryl methyl sites for hydroxylation is 4. The maximum atomic E-state index is 12.1. The highest BCUT2D eigenvalue weighted by atomic mass is 16.3. The van der Waals surface area contributed by atoms with Crippen molar-refractivity contribution in [1.82, 2.24) is 9.13 Å². The number of nitrogens with zero attached hydrogens (tertiary/aromatic N) is 4. The lowest BCUT2D eigenvalue weighted by atomic mass is 9.85. The first-order chi connectivity index (χ1) is 32.3. The standard InChI is InChI=1S/C60H38N4O2/c1-33-19-23-49-43(27-33)44-28-34(2)20-24-50(44)63(49)57-47(31-61)55(41-15-9-13-39-37-11-5-7-17-53(37)65-59(39)41)48(32-62)58(56(57)42-16-10-14-40-38-12-6-8-18-54(38)66-60(40)42)64-51-25-21-35(3)29-45(51)46-30-36(4)22-26-52(46)64/h5-30H,1-4H3. The van der Waals surface area contributed by atoms with Crippen LogP contribution in [0.3, 0.4) is 0 Å². The van der Waals surface area contributed by atoms with Gasteiger partial charge >= 0.3 is 0 Å². The summed E-state index contributed by atoms with van der Waals surface area (Å²) < 4.78 is 18.3. The van der Waals surface area contributed by atoms with Crippen molar-refractivity contribution in [2.45, 2.75) is 27.7 Å². The summed E-state index contributed by atoms with van der Waals surface area (Å²) in [6.45, 7) is 8.46. The fourth-order valence-corrected chi connectivity index (χ4v) is 10.8. The molecule has 13 rings (SSSR count). The van der Waals surface area contributed by atoms with E-state index in [2.05, 4.69) is 158 Å². The number of benzene rings is 9. The molecule has 4 heterocycles. The number of nitriles is 2. The van der Waals surface area contributed by atoms with E-state index in [0.29, 0.717) is 50.4 Å². The second-order valence-corrected chi connectivity index (χ2v) is 17.7. The van der Waals surface area contributed by atoms with Gasteiger partial charge in [-0.3, -0.25) is 0 Å². The van der Waals surface area contributed by atoms with E-state index in [4.69, 9.17) is 8.83 Å². The molecular weight excluding hydrogens is 809 g/mol. The van der Waals surface area contributed by atoms with E-state index in [1.165, 1.54) is 0 Å². The van der Waals surface area contributed by atoms with Crippen molar-refractivity contribution in [2.75, 3.05) is 0 Å². The zero-order valence-corrected chi connectivity index (χ0v) is 36.6. The van der Waals surface area contributed by atoms with Crippen LogP contribution in [0, 0.1) is 50.4 Å². The van der Waals surface area contributed by atoms with E-state index < -0.39 is 0 Å². The molecule has 0 saturated carbocycles. The second-order valence-electron chi connectivity index (χ2n) is 17.7. The SMILES string of the molecule is Cc1ccc2c(c1)c1cc(C)ccc1n2-c1c(C#N)c(-c2cccc3c2oc2ccccc23)c(C#N)c(-n2c3ccc(C)cc3c3cc(C)ccc32)c1-c1cccc2c1oc1ccccc12. The van der Waals surface area contributed by atoms with Crippen molar-refractivity contribution in [2.24, 2.45) is 0 Å². The molecule has 0 unspecified atom stereocenters. The number of furan rings is 2. The summed E-state index contributed by atoms with van der Waals surface area (Å²) in [4.78, 5) is 0. The zero-order valence-electron chi connectivity index (χ0n) is 36.6. The third-order valence-electron chi connectivity index (χ3n) is 13.6. The van der Waals surface area contributed by atoms with Gasteiger partial charge < -0.3 is 18.0 Å². The van der Waals surface area contributed by atoms with Crippen LogP contribution in [0.25, 0.3) is 121 Å². The molecule has 0 atom stereocenters. The molecule has 0 spiro atoms. The van der Waals surface area contributed by atoms with E-state index in [0.717, 1.165) is 104 Å². The van der Waals surface area contributed by atoms with Crippen molar-refractivity contribution < 1.29 is 8.83 Å². The Labute approximate surface area is 379 Å². The van der Waals surface area contributed by atoms with Crippen LogP contribution in [0.4, 0.5) is 0 Å². The number of para-hydroxylation sites is 4. The van der Waals surface area contributed by atoms with Crippen LogP contribution >= 0.6 is 0 Å². The van der Waals surface area contributed by atoms with Crippen molar-refractivity contribution in [3.63, 3.8) is 0 Å². The van der Waals surface area contributed by atoms with E-state index in [1.54, 1.807) is 0 Å². The molecular formula is C60H38N4O2. The molecule has 0 amide bonds. The second kappa shape index (κ2) is 13.8. The van der Waals surface area contributed by atoms with Gasteiger partial charge in [-0.05, 0) is 88.4 Å². The van der Waals surface area contributed by atoms with Gasteiger partial charge in [0.1, 0.15) is 34.5 Å². The normalized spacial score (nSPS) is 11.9. The predicted octanol–water partition coefficient (Wildman–Crippen LogP) is 16.0. The van der Waals surface area contributed by atoms with Gasteiger partial charge in [-0.2, -0.15) is 10.5 Å². The number of rotatable bonds is 4. The highest BCUT2D eigenvalue weighted by molar-refractivity contribution is 6.18. The number of aromatic nitrogens is 2. The molecule has 0 saturated heterocycles. The maximum Gasteiger partial charge on any atom is 0.143 e. The Morgan fingerprint density at radius 2 is 0.712 bits per heavy atom. The molecule has 6 heteroatoms. The summed E-state index contributed by atoms with van der Waals surface area (Å²) in [6.07, 6.45) is 0. The Hall–Kier alpha value is -8.84. The van der Waals surface area contributed by atoms with Gasteiger partial charge in [-0.15, -0.1) is 0 Å². The molecule has 310 valence electrons. The van der Waals surface area contributed by atoms with Gasteiger partial charge in [0.15, 0.2) is 0 Å². The lowest BCUT2D eigenvalue weighted by Crippen LogP contribution is -2.11. The molecule has 9 aromatic carbocycles. The maximum absolute atomic E-state index is 12.1. The van der Waals surface area contributed by atoms with Gasteiger partial charge in [0.25, 0.3) is 0 Å². The van der Waals surface area contributed by atoms with E-state index in [9.17, 15) is 10.5 Å². The van der Waals surface area contributed by atoms with Gasteiger partial charge in [0, 0.05) is 65.3 Å². The summed E-state index contributed by atoms with van der Waals surface area (Å²) in [5, 5.41) is 32.3. The highest BCUT2D eigenvalue weighted by Gasteiger charge is 2.34. The Bertz CT molecular complexity index is 4080. The number of hydrogen-bond donors (Lipinski definition) is 0. The summed E-state index contributed by atoms with van der Waals surface area (Å²) in [5.74, 6) is 0. The topological polar surface area (TPSA) is 83.7 Å². The fourth-order valence-electron chi connectivity index (χ4n) is 10.8. The molecule has 13 aromatic rings. The average Bonchev–Trinajstić information content (AvgIpc) is 4.08. The smallest absolute Gasteiger partial charge is 0.143 e. The Morgan fingerprint density at radius 3 is 1.09 bits per heavy atom. The minimum atomic E-state index is 0.346. The van der Waals surface area contributed by atoms with Crippen LogP contribution in [0.1, 0.15) is 33.4 Å². The first-order valence-corrected chi connectivity index (χ1v) is 22.2. The fraction of sp³-hybridized carbons (Fsp3) is 0.0667. The molecule has 0 fully saturated rings. The van der Waals surface area contributed by atoms with Crippen molar-refractivity contribution in [3.8, 4) is 45.8 Å². The van der Waals surface area contributed by atoms with E-state index in [1.807, 2.05) is 48.5 Å². The van der Waals surface area contributed by atoms with Gasteiger partial charge in [-0.1, -0.05) is 119 Å². The first-order valence-electron chi connectivity index (χ1n) is 22.2. The van der Waals surface area contributed by atoms with E-state index >= 15 is 0 Å². The molecule has 0 bridgehead atoms. The van der Waals surface area contributed by atoms with Gasteiger partial charge in [0.05, 0.1) is 44.6 Å². The molecule has 0 aliphatic rings. The van der Waals surface area contributed by atoms with Crippen LogP contribution in [-0.4, -0.2) is 9.13 Å². The quantitative estimate of drug-likeness (QED) is 0.177. The van der Waals surface area contributed by atoms with Crippen molar-refractivity contribution >= 4 is 87.5 Å². The summed E-state index contributed by atoms with van der Waals surface area (Å²) in [7, 11) is 0. The molecule has 0 N–H and O–H groups in total. The number of fused-ring (bicyclic) bond motifs is 12. The zero-order chi connectivity index (χ0) is 44.5. The third-order valence-corrected chi connectivity index (χ3v) is 13.6. The molecule has 0 aliphatic carbocycles. The lowest BCUT2D eigenvalue weighted by molar-refractivity contribution is 0.669. The summed E-state index contributed by atoms with van der Waals surface area (Å²) in [5.41, 5.74) is 15.6. The third kappa shape index (κ3) is 5.16. The molecule has 0 aliphatic heterocycles.